The van der Waals surface area contributed by atoms with Gasteiger partial charge in [-0.05, 0) is 158 Å². The number of carbonyl (C=O) groups excluding carboxylic acids is 5. The highest BCUT2D eigenvalue weighted by Crippen LogP contribution is 2.30. The van der Waals surface area contributed by atoms with Crippen LogP contribution < -0.4 is 21.3 Å². The highest BCUT2D eigenvalue weighted by molar-refractivity contribution is 5.98. The third-order valence-electron chi connectivity index (χ3n) is 11.5. The number of H-pyrrole nitrogens is 1. The van der Waals surface area contributed by atoms with Gasteiger partial charge in [-0.1, -0.05) is 30.3 Å². The summed E-state index contributed by atoms with van der Waals surface area (Å²) >= 11 is 0. The second kappa shape index (κ2) is 20.5. The van der Waals surface area contributed by atoms with Gasteiger partial charge in [0.15, 0.2) is 5.82 Å². The maximum absolute atomic E-state index is 14.0. The second-order valence-corrected chi connectivity index (χ2v) is 19.1. The maximum atomic E-state index is 14.0. The van der Waals surface area contributed by atoms with Crippen LogP contribution in [0.1, 0.15) is 107 Å². The number of ether oxygens (including phenoxy) is 2. The Bertz CT molecular complexity index is 2260. The number of rotatable bonds is 12. The van der Waals surface area contributed by atoms with E-state index in [1.165, 1.54) is 0 Å². The Morgan fingerprint density at radius 3 is 2.02 bits per heavy atom. The third-order valence-corrected chi connectivity index (χ3v) is 11.5. The Hall–Kier alpha value is -6.25. The highest BCUT2D eigenvalue weighted by atomic mass is 16.6. The fourth-order valence-electron chi connectivity index (χ4n) is 8.07. The number of anilines is 1. The normalized spacial score (nSPS) is 17.5. The number of alkyl carbamates (subject to hydrolysis) is 1. The molecule has 1 saturated heterocycles. The Morgan fingerprint density at radius 1 is 0.781 bits per heavy atom. The molecule has 4 aromatic rings. The molecule has 64 heavy (non-hydrogen) atoms. The van der Waals surface area contributed by atoms with Gasteiger partial charge >= 0.3 is 12.2 Å². The number of carbonyl (C=O) groups is 5. The molecule has 2 fully saturated rings. The largest absolute Gasteiger partial charge is 0.444 e. The van der Waals surface area contributed by atoms with Crippen LogP contribution in [-0.2, 0) is 25.5 Å². The zero-order valence-corrected chi connectivity index (χ0v) is 38.4. The number of amides is 5. The van der Waals surface area contributed by atoms with Gasteiger partial charge in [-0.2, -0.15) is 0 Å². The third kappa shape index (κ3) is 13.6. The monoisotopic (exact) mass is 876 g/mol. The molecule has 1 aliphatic heterocycles. The lowest BCUT2D eigenvalue weighted by atomic mass is 9.81. The van der Waals surface area contributed by atoms with E-state index in [2.05, 4.69) is 36.4 Å². The topological polar surface area (TPSA) is 197 Å². The van der Waals surface area contributed by atoms with Crippen LogP contribution in [-0.4, -0.2) is 92.9 Å². The predicted molar refractivity (Wildman–Crippen MR) is 245 cm³/mol. The predicted octanol–water partition coefficient (Wildman–Crippen LogP) is 7.88. The van der Waals surface area contributed by atoms with E-state index in [-0.39, 0.29) is 48.1 Å². The van der Waals surface area contributed by atoms with Crippen molar-refractivity contribution in [2.45, 2.75) is 124 Å². The number of likely N-dealkylation sites (tertiary alicyclic amines) is 1. The molecule has 0 unspecified atom stereocenters. The summed E-state index contributed by atoms with van der Waals surface area (Å²) in [7, 11) is 0. The van der Waals surface area contributed by atoms with E-state index in [0.717, 1.165) is 40.7 Å². The summed E-state index contributed by atoms with van der Waals surface area (Å²) in [6.45, 7) is 16.3. The number of hydrogen-bond acceptors (Lipinski definition) is 9. The smallest absolute Gasteiger partial charge is 0.410 e. The number of aromatic nitrogens is 3. The Balaban J connectivity index is 1.08. The van der Waals surface area contributed by atoms with Gasteiger partial charge < -0.3 is 40.6 Å². The molecule has 0 bridgehead atoms. The first-order chi connectivity index (χ1) is 30.3. The summed E-state index contributed by atoms with van der Waals surface area (Å²) in [5.74, 6) is 0.636. The van der Waals surface area contributed by atoms with Gasteiger partial charge in [0.1, 0.15) is 23.1 Å². The molecule has 1 atom stereocenters. The zero-order chi connectivity index (χ0) is 46.2. The summed E-state index contributed by atoms with van der Waals surface area (Å²) in [6.07, 6.45) is 3.61. The molecule has 1 aliphatic carbocycles. The summed E-state index contributed by atoms with van der Waals surface area (Å²) in [5.41, 5.74) is 4.54. The lowest BCUT2D eigenvalue weighted by Gasteiger charge is -2.33. The molecule has 5 N–H and O–H groups in total. The second-order valence-electron chi connectivity index (χ2n) is 19.1. The lowest BCUT2D eigenvalue weighted by Crippen LogP contribution is -2.48. The van der Waals surface area contributed by atoms with Crippen molar-refractivity contribution in [3.63, 3.8) is 0 Å². The van der Waals surface area contributed by atoms with Gasteiger partial charge in [-0.25, -0.2) is 9.59 Å². The molecule has 15 nitrogen and oxygen atoms in total. The zero-order valence-electron chi connectivity index (χ0n) is 38.4. The number of aryl methyl sites for hydroxylation is 2. The standard InChI is InChI=1S/C49H64N8O7/c1-30-27-37(44(59)52-39-23-25-57(26-24-39)47(62)64-49(6,7)8)19-22-40(30)34-13-9-32(10-14-34)28-41(45(60)53-38-20-17-35(18-21-38)42-51-31(2)55-56-42)54-43(58)36-15-11-33(12-16-36)29-50-46(61)63-48(3,4)5/h9-10,13-14,17-22,27,33,36,39,41H,11-12,15-16,23-26,28-29H2,1-8H3,(H,50,61)(H,52,59)(H,53,60)(H,54,58)(H,51,55,56)/t33-,36-,41-/m0/s1. The number of nitrogens with zero attached hydrogens (tertiary/aromatic N) is 3. The van der Waals surface area contributed by atoms with Gasteiger partial charge in [0.2, 0.25) is 11.8 Å². The Labute approximate surface area is 376 Å². The molecule has 2 aliphatic rings. The van der Waals surface area contributed by atoms with Gasteiger partial charge in [-0.3, -0.25) is 14.4 Å². The van der Waals surface area contributed by atoms with Crippen molar-refractivity contribution in [1.29, 1.82) is 0 Å². The van der Waals surface area contributed by atoms with Gasteiger partial charge in [-0.15, -0.1) is 10.2 Å². The SMILES string of the molecule is Cc1nnc(-c2ccc(NC(=O)[C@H](Cc3ccc(-c4ccc(C(=O)NC5CCN(C(=O)OC(C)(C)C)CC5)cc4C)cc3)NC(=O)[C@H]3CC[C@H](CNC(=O)OC(C)(C)C)CC3)cc2)[nH]1. The van der Waals surface area contributed by atoms with E-state index < -0.39 is 23.3 Å². The first-order valence-corrected chi connectivity index (χ1v) is 22.3. The van der Waals surface area contributed by atoms with Crippen molar-refractivity contribution in [2.24, 2.45) is 11.8 Å². The van der Waals surface area contributed by atoms with Gasteiger partial charge in [0.05, 0.1) is 0 Å². The number of hydrogen-bond donors (Lipinski definition) is 5. The van der Waals surface area contributed by atoms with Crippen LogP contribution in [0.25, 0.3) is 22.5 Å². The highest BCUT2D eigenvalue weighted by Gasteiger charge is 2.31. The number of nitrogens with one attached hydrogen (secondary N) is 5. The molecule has 342 valence electrons. The molecule has 3 aromatic carbocycles. The van der Waals surface area contributed by atoms with E-state index in [4.69, 9.17) is 9.47 Å². The molecule has 2 heterocycles. The van der Waals surface area contributed by atoms with Crippen LogP contribution in [0.5, 0.6) is 0 Å². The number of piperidine rings is 1. The minimum Gasteiger partial charge on any atom is -0.444 e. The Kier molecular flexibility index (Phi) is 15.1. The van der Waals surface area contributed by atoms with Gasteiger partial charge in [0.25, 0.3) is 5.91 Å². The molecule has 6 rings (SSSR count). The first kappa shape index (κ1) is 47.2. The van der Waals surface area contributed by atoms with Gasteiger partial charge in [0, 0.05) is 54.8 Å². The first-order valence-electron chi connectivity index (χ1n) is 22.3. The van der Waals surface area contributed by atoms with Crippen molar-refractivity contribution in [3.05, 3.63) is 89.2 Å². The summed E-state index contributed by atoms with van der Waals surface area (Å²) in [6, 6.07) is 19.9. The van der Waals surface area contributed by atoms with E-state index in [1.807, 2.05) is 110 Å². The average Bonchev–Trinajstić information content (AvgIpc) is 3.68. The summed E-state index contributed by atoms with van der Waals surface area (Å²) in [4.78, 5) is 70.5. The quantitative estimate of drug-likeness (QED) is 0.0941. The molecule has 1 saturated carbocycles. The number of aromatic amines is 1. The minimum absolute atomic E-state index is 0.0424. The van der Waals surface area contributed by atoms with E-state index in [9.17, 15) is 24.0 Å². The van der Waals surface area contributed by atoms with E-state index in [0.29, 0.717) is 68.2 Å². The van der Waals surface area contributed by atoms with E-state index in [1.54, 1.807) is 17.0 Å². The van der Waals surface area contributed by atoms with Crippen LogP contribution in [0.3, 0.4) is 0 Å². The molecular formula is C49H64N8O7. The average molecular weight is 877 g/mol. The molecule has 15 heteroatoms. The summed E-state index contributed by atoms with van der Waals surface area (Å²) in [5, 5.41) is 20.2. The van der Waals surface area contributed by atoms with Crippen molar-refractivity contribution >= 4 is 35.6 Å². The number of benzene rings is 3. The van der Waals surface area contributed by atoms with Crippen LogP contribution in [0.15, 0.2) is 66.7 Å². The Morgan fingerprint density at radius 2 is 1.42 bits per heavy atom. The fraction of sp³-hybridized carbons (Fsp3) is 0.490. The van der Waals surface area contributed by atoms with Crippen LogP contribution >= 0.6 is 0 Å². The van der Waals surface area contributed by atoms with Crippen molar-refractivity contribution in [3.8, 4) is 22.5 Å². The molecular weight excluding hydrogens is 813 g/mol. The van der Waals surface area contributed by atoms with Crippen molar-refractivity contribution in [1.82, 2.24) is 36.0 Å². The molecule has 1 aromatic heterocycles. The molecule has 0 spiro atoms. The van der Waals surface area contributed by atoms with Crippen LogP contribution in [0, 0.1) is 25.7 Å². The maximum Gasteiger partial charge on any atom is 0.410 e. The molecule has 5 amide bonds. The van der Waals surface area contributed by atoms with E-state index >= 15 is 0 Å². The molecule has 0 radical (unpaired) electrons. The van der Waals surface area contributed by atoms with Crippen molar-refractivity contribution in [2.75, 3.05) is 25.0 Å². The lowest BCUT2D eigenvalue weighted by molar-refractivity contribution is -0.130. The van der Waals surface area contributed by atoms with Crippen molar-refractivity contribution < 1.29 is 33.4 Å². The summed E-state index contributed by atoms with van der Waals surface area (Å²) < 4.78 is 10.9. The minimum atomic E-state index is -0.856. The van der Waals surface area contributed by atoms with Crippen LogP contribution in [0.2, 0.25) is 0 Å². The van der Waals surface area contributed by atoms with Crippen LogP contribution in [0.4, 0.5) is 15.3 Å². The fourth-order valence-corrected chi connectivity index (χ4v) is 8.07.